The Kier molecular flexibility index (Phi) is 4.65. The van der Waals surface area contributed by atoms with E-state index in [4.69, 9.17) is 4.74 Å². The average molecular weight is 327 g/mol. The topological polar surface area (TPSA) is 55.4 Å². The lowest BCUT2D eigenvalue weighted by Crippen LogP contribution is -2.13. The first-order valence-electron chi connectivity index (χ1n) is 6.52. The summed E-state index contributed by atoms with van der Waals surface area (Å²) in [5.41, 5.74) is 0.0536. The zero-order chi connectivity index (χ0) is 16.3. The average Bonchev–Trinajstić information content (AvgIpc) is 2.41. The number of halogens is 2. The molecule has 1 N–H and O–H groups in total. The third-order valence-electron chi connectivity index (χ3n) is 2.67. The molecule has 22 heavy (non-hydrogen) atoms. The van der Waals surface area contributed by atoms with E-state index < -0.39 is 21.7 Å². The highest BCUT2D eigenvalue weighted by atomic mass is 32.2. The van der Waals surface area contributed by atoms with Crippen LogP contribution in [0, 0.1) is 11.6 Å². The van der Waals surface area contributed by atoms with Crippen molar-refractivity contribution in [3.63, 3.8) is 0 Å². The van der Waals surface area contributed by atoms with E-state index in [0.29, 0.717) is 0 Å². The van der Waals surface area contributed by atoms with Crippen LogP contribution < -0.4 is 9.46 Å². The van der Waals surface area contributed by atoms with E-state index >= 15 is 0 Å². The van der Waals surface area contributed by atoms with E-state index in [0.717, 1.165) is 30.3 Å². The highest BCUT2D eigenvalue weighted by Crippen LogP contribution is 2.24. The second-order valence-corrected chi connectivity index (χ2v) is 6.55. The van der Waals surface area contributed by atoms with Gasteiger partial charge in [0.25, 0.3) is 10.0 Å². The van der Waals surface area contributed by atoms with Crippen LogP contribution in [0.2, 0.25) is 0 Å². The van der Waals surface area contributed by atoms with Gasteiger partial charge >= 0.3 is 0 Å². The summed E-state index contributed by atoms with van der Waals surface area (Å²) in [7, 11) is -3.91. The molecule has 118 valence electrons. The fourth-order valence-corrected chi connectivity index (χ4v) is 2.79. The highest BCUT2D eigenvalue weighted by Gasteiger charge is 2.15. The maximum absolute atomic E-state index is 13.8. The summed E-state index contributed by atoms with van der Waals surface area (Å²) in [6, 6.07) is 8.09. The smallest absolute Gasteiger partial charge is 0.261 e. The molecule has 2 aromatic rings. The lowest BCUT2D eigenvalue weighted by molar-refractivity contribution is 0.231. The Hall–Kier alpha value is -2.15. The molecule has 0 bridgehead atoms. The fourth-order valence-electron chi connectivity index (χ4n) is 1.74. The number of hydrogen-bond acceptors (Lipinski definition) is 3. The fraction of sp³-hybridized carbons (Fsp3) is 0.200. The zero-order valence-corrected chi connectivity index (χ0v) is 12.8. The number of hydrogen-bond donors (Lipinski definition) is 1. The molecule has 0 atom stereocenters. The summed E-state index contributed by atoms with van der Waals surface area (Å²) < 4.78 is 58.3. The molecule has 0 aliphatic heterocycles. The molecule has 0 aliphatic carbocycles. The molecule has 0 unspecified atom stereocenters. The zero-order valence-electron chi connectivity index (χ0n) is 12.0. The molecular weight excluding hydrogens is 312 g/mol. The number of anilines is 1. The van der Waals surface area contributed by atoms with Gasteiger partial charge in [0.15, 0.2) is 11.6 Å². The summed E-state index contributed by atoms with van der Waals surface area (Å²) in [5.74, 6) is -1.17. The van der Waals surface area contributed by atoms with Crippen LogP contribution in [-0.4, -0.2) is 14.5 Å². The molecule has 0 radical (unpaired) electrons. The van der Waals surface area contributed by atoms with Crippen LogP contribution in [0.5, 0.6) is 5.75 Å². The van der Waals surface area contributed by atoms with Crippen molar-refractivity contribution in [2.45, 2.75) is 24.8 Å². The van der Waals surface area contributed by atoms with E-state index in [-0.39, 0.29) is 22.4 Å². The second-order valence-electron chi connectivity index (χ2n) is 4.87. The minimum Gasteiger partial charge on any atom is -0.488 e. The first kappa shape index (κ1) is 16.2. The molecule has 0 saturated carbocycles. The predicted octanol–water partition coefficient (Wildman–Crippen LogP) is 3.55. The van der Waals surface area contributed by atoms with Crippen LogP contribution in [-0.2, 0) is 10.0 Å². The Balaban J connectivity index is 2.23. The van der Waals surface area contributed by atoms with E-state index in [2.05, 4.69) is 4.72 Å². The number of rotatable bonds is 5. The third kappa shape index (κ3) is 3.94. The summed E-state index contributed by atoms with van der Waals surface area (Å²) in [6.45, 7) is 3.51. The van der Waals surface area contributed by atoms with Crippen LogP contribution in [0.3, 0.4) is 0 Å². The van der Waals surface area contributed by atoms with Crippen LogP contribution in [0.4, 0.5) is 14.5 Å². The third-order valence-corrected chi connectivity index (χ3v) is 4.07. The molecule has 2 rings (SSSR count). The van der Waals surface area contributed by atoms with Gasteiger partial charge in [0.1, 0.15) is 5.82 Å². The molecule has 0 fully saturated rings. The van der Waals surface area contributed by atoms with E-state index in [1.54, 1.807) is 13.8 Å². The number of ether oxygens (including phenoxy) is 1. The monoisotopic (exact) mass is 327 g/mol. The first-order valence-corrected chi connectivity index (χ1v) is 8.01. The lowest BCUT2D eigenvalue weighted by Gasteiger charge is -2.12. The normalized spacial score (nSPS) is 11.5. The van der Waals surface area contributed by atoms with E-state index in [9.17, 15) is 17.2 Å². The van der Waals surface area contributed by atoms with Gasteiger partial charge in [0, 0.05) is 6.07 Å². The summed E-state index contributed by atoms with van der Waals surface area (Å²) in [4.78, 5) is -0.114. The summed E-state index contributed by atoms with van der Waals surface area (Å²) >= 11 is 0. The SMILES string of the molecule is CC(C)Oc1ccc(NS(=O)(=O)c2ccc(F)cc2)cc1F. The Morgan fingerprint density at radius 1 is 1.05 bits per heavy atom. The Morgan fingerprint density at radius 2 is 1.68 bits per heavy atom. The summed E-state index contributed by atoms with van der Waals surface area (Å²) in [6.07, 6.45) is -0.198. The highest BCUT2D eigenvalue weighted by molar-refractivity contribution is 7.92. The molecule has 0 aliphatic rings. The van der Waals surface area contributed by atoms with Crippen LogP contribution >= 0.6 is 0 Å². The van der Waals surface area contributed by atoms with Crippen molar-refractivity contribution in [3.8, 4) is 5.75 Å². The number of sulfonamides is 1. The second kappa shape index (κ2) is 6.31. The van der Waals surface area contributed by atoms with Gasteiger partial charge in [0.05, 0.1) is 16.7 Å². The van der Waals surface area contributed by atoms with Crippen molar-refractivity contribution in [3.05, 3.63) is 54.1 Å². The van der Waals surface area contributed by atoms with Crippen LogP contribution in [0.25, 0.3) is 0 Å². The van der Waals surface area contributed by atoms with Gasteiger partial charge in [-0.2, -0.15) is 0 Å². The molecule has 0 aromatic heterocycles. The molecular formula is C15H15F2NO3S. The Bertz CT molecular complexity index is 759. The number of benzene rings is 2. The molecule has 0 amide bonds. The minimum absolute atomic E-state index is 0.0414. The molecule has 0 saturated heterocycles. The van der Waals surface area contributed by atoms with Gasteiger partial charge in [-0.15, -0.1) is 0 Å². The molecule has 0 spiro atoms. The molecule has 2 aromatic carbocycles. The largest absolute Gasteiger partial charge is 0.488 e. The van der Waals surface area contributed by atoms with Gasteiger partial charge < -0.3 is 4.74 Å². The molecule has 0 heterocycles. The Morgan fingerprint density at radius 3 is 2.23 bits per heavy atom. The maximum Gasteiger partial charge on any atom is 0.261 e. The van der Waals surface area contributed by atoms with Gasteiger partial charge in [-0.3, -0.25) is 4.72 Å². The van der Waals surface area contributed by atoms with Crippen molar-refractivity contribution >= 4 is 15.7 Å². The van der Waals surface area contributed by atoms with Crippen molar-refractivity contribution in [1.82, 2.24) is 0 Å². The number of nitrogens with one attached hydrogen (secondary N) is 1. The quantitative estimate of drug-likeness (QED) is 0.913. The van der Waals surface area contributed by atoms with Gasteiger partial charge in [-0.1, -0.05) is 0 Å². The van der Waals surface area contributed by atoms with Gasteiger partial charge in [-0.25, -0.2) is 17.2 Å². The molecule has 4 nitrogen and oxygen atoms in total. The van der Waals surface area contributed by atoms with E-state index in [1.165, 1.54) is 12.1 Å². The minimum atomic E-state index is -3.91. The standard InChI is InChI=1S/C15H15F2NO3S/c1-10(2)21-15-8-5-12(9-14(15)17)18-22(19,20)13-6-3-11(16)4-7-13/h3-10,18H,1-2H3. The lowest BCUT2D eigenvalue weighted by atomic mass is 10.3. The van der Waals surface area contributed by atoms with Gasteiger partial charge in [0.2, 0.25) is 0 Å². The molecule has 7 heteroatoms. The van der Waals surface area contributed by atoms with E-state index in [1.807, 2.05) is 0 Å². The van der Waals surface area contributed by atoms with Crippen molar-refractivity contribution in [2.24, 2.45) is 0 Å². The summed E-state index contributed by atoms with van der Waals surface area (Å²) in [5, 5.41) is 0. The van der Waals surface area contributed by atoms with Crippen molar-refractivity contribution < 1.29 is 21.9 Å². The van der Waals surface area contributed by atoms with Crippen molar-refractivity contribution in [1.29, 1.82) is 0 Å². The maximum atomic E-state index is 13.8. The van der Waals surface area contributed by atoms with Gasteiger partial charge in [-0.05, 0) is 50.2 Å². The Labute approximate surface area is 127 Å². The van der Waals surface area contributed by atoms with Crippen LogP contribution in [0.15, 0.2) is 47.4 Å². The predicted molar refractivity (Wildman–Crippen MR) is 79.4 cm³/mol. The first-order chi connectivity index (χ1) is 10.3. The van der Waals surface area contributed by atoms with Crippen LogP contribution in [0.1, 0.15) is 13.8 Å². The van der Waals surface area contributed by atoms with Crippen molar-refractivity contribution in [2.75, 3.05) is 4.72 Å².